The summed E-state index contributed by atoms with van der Waals surface area (Å²) in [5, 5.41) is 8.75. The maximum absolute atomic E-state index is 12.9. The summed E-state index contributed by atoms with van der Waals surface area (Å²) in [6, 6.07) is 6.40. The number of benzene rings is 1. The third-order valence-corrected chi connectivity index (χ3v) is 2.55. The molecule has 1 aliphatic rings. The largest absolute Gasteiger partial charge is 0.396 e. The standard InChI is InChI=1S/C12H15FO3/c13-10-3-1-2-9(6-10)7-12-15-8-11(16-12)4-5-14/h1-3,6,11-12,14H,4-5,7-8H2. The molecule has 3 nitrogen and oxygen atoms in total. The minimum Gasteiger partial charge on any atom is -0.396 e. The zero-order chi connectivity index (χ0) is 11.4. The van der Waals surface area contributed by atoms with E-state index in [1.807, 2.05) is 6.07 Å². The number of halogens is 1. The highest BCUT2D eigenvalue weighted by molar-refractivity contribution is 5.16. The van der Waals surface area contributed by atoms with Gasteiger partial charge in [-0.3, -0.25) is 0 Å². The fourth-order valence-corrected chi connectivity index (χ4v) is 1.77. The lowest BCUT2D eigenvalue weighted by molar-refractivity contribution is -0.0584. The Kier molecular flexibility index (Phi) is 3.88. The molecule has 0 radical (unpaired) electrons. The van der Waals surface area contributed by atoms with Gasteiger partial charge in [0.2, 0.25) is 0 Å². The smallest absolute Gasteiger partial charge is 0.162 e. The molecule has 2 unspecified atom stereocenters. The Morgan fingerprint density at radius 3 is 3.06 bits per heavy atom. The minimum absolute atomic E-state index is 0.0384. The van der Waals surface area contributed by atoms with E-state index in [4.69, 9.17) is 14.6 Å². The van der Waals surface area contributed by atoms with Crippen LogP contribution >= 0.6 is 0 Å². The van der Waals surface area contributed by atoms with Crippen molar-refractivity contribution in [2.45, 2.75) is 25.2 Å². The van der Waals surface area contributed by atoms with Gasteiger partial charge in [-0.05, 0) is 24.1 Å². The summed E-state index contributed by atoms with van der Waals surface area (Å²) in [5.41, 5.74) is 0.856. The Morgan fingerprint density at radius 2 is 2.31 bits per heavy atom. The van der Waals surface area contributed by atoms with E-state index >= 15 is 0 Å². The van der Waals surface area contributed by atoms with E-state index < -0.39 is 0 Å². The van der Waals surface area contributed by atoms with Crippen molar-refractivity contribution >= 4 is 0 Å². The van der Waals surface area contributed by atoms with Crippen molar-refractivity contribution in [3.8, 4) is 0 Å². The molecule has 1 aromatic carbocycles. The SMILES string of the molecule is OCCC1COC(Cc2cccc(F)c2)O1. The molecule has 2 atom stereocenters. The Labute approximate surface area is 93.8 Å². The lowest BCUT2D eigenvalue weighted by atomic mass is 10.1. The highest BCUT2D eigenvalue weighted by Crippen LogP contribution is 2.18. The average molecular weight is 226 g/mol. The quantitative estimate of drug-likeness (QED) is 0.845. The summed E-state index contributed by atoms with van der Waals surface area (Å²) < 4.78 is 23.9. The lowest BCUT2D eigenvalue weighted by Crippen LogP contribution is -2.15. The van der Waals surface area contributed by atoms with E-state index in [0.717, 1.165) is 5.56 Å². The monoisotopic (exact) mass is 226 g/mol. The van der Waals surface area contributed by atoms with Crippen LogP contribution in [0.2, 0.25) is 0 Å². The third kappa shape index (κ3) is 3.01. The van der Waals surface area contributed by atoms with E-state index in [0.29, 0.717) is 19.4 Å². The van der Waals surface area contributed by atoms with E-state index in [2.05, 4.69) is 0 Å². The fourth-order valence-electron chi connectivity index (χ4n) is 1.77. The van der Waals surface area contributed by atoms with Crippen molar-refractivity contribution in [3.05, 3.63) is 35.6 Å². The highest BCUT2D eigenvalue weighted by atomic mass is 19.1. The molecule has 1 fully saturated rings. The maximum atomic E-state index is 12.9. The molecular weight excluding hydrogens is 211 g/mol. The van der Waals surface area contributed by atoms with Gasteiger partial charge in [0, 0.05) is 13.0 Å². The first kappa shape index (κ1) is 11.5. The van der Waals surface area contributed by atoms with Crippen LogP contribution in [0.3, 0.4) is 0 Å². The topological polar surface area (TPSA) is 38.7 Å². The Bertz CT molecular complexity index is 343. The Balaban J connectivity index is 1.87. The molecule has 0 spiro atoms. The molecule has 0 amide bonds. The van der Waals surface area contributed by atoms with Crippen LogP contribution in [0.5, 0.6) is 0 Å². The van der Waals surface area contributed by atoms with Crippen LogP contribution in [0, 0.1) is 5.82 Å². The molecule has 88 valence electrons. The van der Waals surface area contributed by atoms with Crippen molar-refractivity contribution in [2.24, 2.45) is 0 Å². The van der Waals surface area contributed by atoms with E-state index in [9.17, 15) is 4.39 Å². The second-order valence-electron chi connectivity index (χ2n) is 3.87. The highest BCUT2D eigenvalue weighted by Gasteiger charge is 2.25. The molecule has 0 aromatic heterocycles. The summed E-state index contributed by atoms with van der Waals surface area (Å²) >= 11 is 0. The summed E-state index contributed by atoms with van der Waals surface area (Å²) in [4.78, 5) is 0. The lowest BCUT2D eigenvalue weighted by Gasteiger charge is -2.10. The molecule has 0 saturated carbocycles. The summed E-state index contributed by atoms with van der Waals surface area (Å²) in [7, 11) is 0. The minimum atomic E-state index is -0.321. The van der Waals surface area contributed by atoms with Gasteiger partial charge in [-0.2, -0.15) is 0 Å². The second kappa shape index (κ2) is 5.39. The molecule has 1 heterocycles. The summed E-state index contributed by atoms with van der Waals surface area (Å²) in [6.45, 7) is 0.598. The van der Waals surface area contributed by atoms with Gasteiger partial charge in [-0.1, -0.05) is 12.1 Å². The van der Waals surface area contributed by atoms with Gasteiger partial charge in [0.15, 0.2) is 6.29 Å². The van der Waals surface area contributed by atoms with E-state index in [1.165, 1.54) is 12.1 Å². The predicted octanol–water partition coefficient (Wildman–Crippen LogP) is 1.49. The molecule has 1 aliphatic heterocycles. The van der Waals surface area contributed by atoms with Crippen LogP contribution in [0.25, 0.3) is 0 Å². The molecule has 16 heavy (non-hydrogen) atoms. The van der Waals surface area contributed by atoms with Crippen molar-refractivity contribution in [2.75, 3.05) is 13.2 Å². The first-order chi connectivity index (χ1) is 7.78. The van der Waals surface area contributed by atoms with Crippen LogP contribution in [-0.4, -0.2) is 30.7 Å². The zero-order valence-electron chi connectivity index (χ0n) is 8.93. The molecule has 4 heteroatoms. The average Bonchev–Trinajstić information content (AvgIpc) is 2.66. The van der Waals surface area contributed by atoms with Gasteiger partial charge in [0.1, 0.15) is 5.82 Å². The number of ether oxygens (including phenoxy) is 2. The van der Waals surface area contributed by atoms with Crippen LogP contribution < -0.4 is 0 Å². The van der Waals surface area contributed by atoms with Gasteiger partial charge in [-0.15, -0.1) is 0 Å². The van der Waals surface area contributed by atoms with Crippen LogP contribution in [0.4, 0.5) is 4.39 Å². The van der Waals surface area contributed by atoms with Crippen molar-refractivity contribution in [1.82, 2.24) is 0 Å². The van der Waals surface area contributed by atoms with E-state index in [-0.39, 0.29) is 24.8 Å². The number of hydrogen-bond donors (Lipinski definition) is 1. The van der Waals surface area contributed by atoms with Crippen LogP contribution in [0.15, 0.2) is 24.3 Å². The number of rotatable bonds is 4. The molecule has 2 rings (SSSR count). The number of aliphatic hydroxyl groups excluding tert-OH is 1. The molecule has 1 aromatic rings. The second-order valence-corrected chi connectivity index (χ2v) is 3.87. The Hall–Kier alpha value is -0.970. The van der Waals surface area contributed by atoms with Gasteiger partial charge >= 0.3 is 0 Å². The van der Waals surface area contributed by atoms with Gasteiger partial charge < -0.3 is 14.6 Å². The van der Waals surface area contributed by atoms with Crippen molar-refractivity contribution in [1.29, 1.82) is 0 Å². The molecule has 0 aliphatic carbocycles. The maximum Gasteiger partial charge on any atom is 0.162 e. The normalized spacial score (nSPS) is 24.9. The molecule has 1 N–H and O–H groups in total. The first-order valence-corrected chi connectivity index (χ1v) is 5.40. The molecular formula is C12H15FO3. The first-order valence-electron chi connectivity index (χ1n) is 5.40. The Morgan fingerprint density at radius 1 is 1.44 bits per heavy atom. The predicted molar refractivity (Wildman–Crippen MR) is 56.4 cm³/mol. The van der Waals surface area contributed by atoms with E-state index in [1.54, 1.807) is 6.07 Å². The van der Waals surface area contributed by atoms with Crippen molar-refractivity contribution in [3.63, 3.8) is 0 Å². The van der Waals surface area contributed by atoms with Gasteiger partial charge in [0.05, 0.1) is 12.7 Å². The number of hydrogen-bond acceptors (Lipinski definition) is 3. The van der Waals surface area contributed by atoms with Crippen LogP contribution in [0.1, 0.15) is 12.0 Å². The van der Waals surface area contributed by atoms with Crippen LogP contribution in [-0.2, 0) is 15.9 Å². The zero-order valence-corrected chi connectivity index (χ0v) is 8.93. The summed E-state index contributed by atoms with van der Waals surface area (Å²) in [6.07, 6.45) is 0.765. The van der Waals surface area contributed by atoms with Gasteiger partial charge in [0.25, 0.3) is 0 Å². The third-order valence-electron chi connectivity index (χ3n) is 2.55. The fraction of sp³-hybridized carbons (Fsp3) is 0.500. The summed E-state index contributed by atoms with van der Waals surface area (Å²) in [5.74, 6) is -0.248. The molecule has 1 saturated heterocycles. The number of aliphatic hydroxyl groups is 1. The van der Waals surface area contributed by atoms with Crippen molar-refractivity contribution < 1.29 is 19.0 Å². The van der Waals surface area contributed by atoms with Gasteiger partial charge in [-0.25, -0.2) is 4.39 Å². The molecule has 0 bridgehead atoms.